The Kier molecular flexibility index (Phi) is 4.31. The predicted octanol–water partition coefficient (Wildman–Crippen LogP) is 5.02. The predicted molar refractivity (Wildman–Crippen MR) is 95.1 cm³/mol. The Labute approximate surface area is 142 Å². The number of para-hydroxylation sites is 1. The number of halogens is 1. The maximum absolute atomic E-state index is 12.5. The second kappa shape index (κ2) is 6.25. The van der Waals surface area contributed by atoms with Gasteiger partial charge < -0.3 is 10.6 Å². The van der Waals surface area contributed by atoms with E-state index >= 15 is 0 Å². The fourth-order valence-corrected chi connectivity index (χ4v) is 3.07. The van der Waals surface area contributed by atoms with Gasteiger partial charge in [0.1, 0.15) is 0 Å². The molecule has 2 N–H and O–H groups in total. The lowest BCUT2D eigenvalue weighted by Gasteiger charge is -2.20. The van der Waals surface area contributed by atoms with Gasteiger partial charge in [-0.1, -0.05) is 48.9 Å². The lowest BCUT2D eigenvalue weighted by atomic mass is 10.0. The number of hydrogen-bond donors (Lipinski definition) is 2. The monoisotopic (exact) mass is 328 g/mol. The van der Waals surface area contributed by atoms with Gasteiger partial charge in [-0.05, 0) is 55.0 Å². The molecule has 23 heavy (non-hydrogen) atoms. The molecule has 3 rings (SSSR count). The number of aryl methyl sites for hydroxylation is 2. The molecule has 0 atom stereocenters. The fourth-order valence-electron chi connectivity index (χ4n) is 2.94. The number of carbonyl (C=O) groups is 1. The first-order chi connectivity index (χ1) is 11.0. The minimum absolute atomic E-state index is 0.151. The summed E-state index contributed by atoms with van der Waals surface area (Å²) < 4.78 is 0. The molecule has 0 aromatic heterocycles. The van der Waals surface area contributed by atoms with Crippen LogP contribution in [0.25, 0.3) is 0 Å². The fraction of sp³-hybridized carbons (Fsp3) is 0.316. The van der Waals surface area contributed by atoms with Gasteiger partial charge in [-0.3, -0.25) is 0 Å². The van der Waals surface area contributed by atoms with Gasteiger partial charge in [-0.25, -0.2) is 4.79 Å². The Morgan fingerprint density at radius 3 is 2.48 bits per heavy atom. The zero-order valence-corrected chi connectivity index (χ0v) is 14.2. The van der Waals surface area contributed by atoms with Crippen molar-refractivity contribution in [1.82, 2.24) is 5.32 Å². The summed E-state index contributed by atoms with van der Waals surface area (Å²) >= 11 is 5.95. The van der Waals surface area contributed by atoms with Crippen LogP contribution in [0, 0.1) is 6.92 Å². The molecule has 1 aliphatic rings. The lowest BCUT2D eigenvalue weighted by Crippen LogP contribution is -2.38. The molecule has 0 heterocycles. The van der Waals surface area contributed by atoms with Gasteiger partial charge in [0.2, 0.25) is 0 Å². The Morgan fingerprint density at radius 2 is 1.87 bits per heavy atom. The second-order valence-corrected chi connectivity index (χ2v) is 6.57. The van der Waals surface area contributed by atoms with Gasteiger partial charge in [0, 0.05) is 10.7 Å². The van der Waals surface area contributed by atoms with Crippen molar-refractivity contribution >= 4 is 23.3 Å². The van der Waals surface area contributed by atoms with E-state index in [0.29, 0.717) is 5.02 Å². The van der Waals surface area contributed by atoms with E-state index in [-0.39, 0.29) is 11.6 Å². The van der Waals surface area contributed by atoms with Crippen molar-refractivity contribution in [3.8, 4) is 0 Å². The molecule has 1 fully saturated rings. The molecule has 0 aliphatic heterocycles. The summed E-state index contributed by atoms with van der Waals surface area (Å²) in [6.07, 6.45) is 2.80. The van der Waals surface area contributed by atoms with Crippen LogP contribution in [0.4, 0.5) is 10.5 Å². The van der Waals surface area contributed by atoms with E-state index in [1.165, 1.54) is 0 Å². The molecule has 0 saturated heterocycles. The Hall–Kier alpha value is -2.00. The molecule has 120 valence electrons. The van der Waals surface area contributed by atoms with Crippen LogP contribution in [0.1, 0.15) is 36.5 Å². The van der Waals surface area contributed by atoms with Crippen LogP contribution >= 0.6 is 11.6 Å². The molecule has 1 saturated carbocycles. The van der Waals surface area contributed by atoms with E-state index in [4.69, 9.17) is 11.6 Å². The topological polar surface area (TPSA) is 41.1 Å². The number of anilines is 1. The van der Waals surface area contributed by atoms with Crippen molar-refractivity contribution in [2.24, 2.45) is 0 Å². The summed E-state index contributed by atoms with van der Waals surface area (Å²) in [6.45, 7) is 4.11. The lowest BCUT2D eigenvalue weighted by molar-refractivity contribution is 0.247. The van der Waals surface area contributed by atoms with E-state index in [9.17, 15) is 4.79 Å². The van der Waals surface area contributed by atoms with E-state index in [1.54, 1.807) is 0 Å². The SMILES string of the molecule is CCc1cccc(C)c1NC(=O)NC1(c2ccc(Cl)cc2)CC1. The average molecular weight is 329 g/mol. The second-order valence-electron chi connectivity index (χ2n) is 6.13. The number of carbonyl (C=O) groups excluding carboxylic acids is 1. The number of urea groups is 1. The van der Waals surface area contributed by atoms with Crippen LogP contribution in [0.2, 0.25) is 5.02 Å². The highest BCUT2D eigenvalue weighted by molar-refractivity contribution is 6.30. The first kappa shape index (κ1) is 15.9. The normalized spacial score (nSPS) is 15.1. The maximum atomic E-state index is 12.5. The number of nitrogens with one attached hydrogen (secondary N) is 2. The van der Waals surface area contributed by atoms with Crippen molar-refractivity contribution in [3.05, 3.63) is 64.2 Å². The third-order valence-corrected chi connectivity index (χ3v) is 4.73. The van der Waals surface area contributed by atoms with E-state index in [1.807, 2.05) is 43.3 Å². The summed E-state index contributed by atoms with van der Waals surface area (Å²) in [5.74, 6) is 0. The molecule has 1 aliphatic carbocycles. The molecule has 0 bridgehead atoms. The number of amides is 2. The van der Waals surface area contributed by atoms with E-state index in [2.05, 4.69) is 23.6 Å². The van der Waals surface area contributed by atoms with Crippen LogP contribution in [-0.4, -0.2) is 6.03 Å². The minimum atomic E-state index is -0.246. The van der Waals surface area contributed by atoms with Crippen LogP contribution in [0.15, 0.2) is 42.5 Å². The number of benzene rings is 2. The van der Waals surface area contributed by atoms with E-state index in [0.717, 1.165) is 41.6 Å². The molecular weight excluding hydrogens is 308 g/mol. The number of rotatable bonds is 4. The van der Waals surface area contributed by atoms with Crippen LogP contribution in [0.5, 0.6) is 0 Å². The highest BCUT2D eigenvalue weighted by atomic mass is 35.5. The van der Waals surface area contributed by atoms with Gasteiger partial charge in [0.15, 0.2) is 0 Å². The molecule has 2 amide bonds. The Morgan fingerprint density at radius 1 is 1.17 bits per heavy atom. The standard InChI is InChI=1S/C19H21ClN2O/c1-3-14-6-4-5-13(2)17(14)21-18(23)22-19(11-12-19)15-7-9-16(20)10-8-15/h4-10H,3,11-12H2,1-2H3,(H2,21,22,23). The van der Waals surface area contributed by atoms with Gasteiger partial charge in [-0.15, -0.1) is 0 Å². The summed E-state index contributed by atoms with van der Waals surface area (Å²) in [7, 11) is 0. The highest BCUT2D eigenvalue weighted by Gasteiger charge is 2.45. The molecule has 0 spiro atoms. The van der Waals surface area contributed by atoms with Gasteiger partial charge in [0.25, 0.3) is 0 Å². The summed E-state index contributed by atoms with van der Waals surface area (Å²) in [5.41, 5.74) is 4.01. The minimum Gasteiger partial charge on any atom is -0.328 e. The molecule has 4 heteroatoms. The third kappa shape index (κ3) is 3.35. The van der Waals surface area contributed by atoms with E-state index < -0.39 is 0 Å². The average Bonchev–Trinajstić information content (AvgIpc) is 3.30. The Balaban J connectivity index is 1.74. The van der Waals surface area contributed by atoms with Crippen LogP contribution in [-0.2, 0) is 12.0 Å². The van der Waals surface area contributed by atoms with Crippen molar-refractivity contribution in [2.45, 2.75) is 38.6 Å². The summed E-state index contributed by atoms with van der Waals surface area (Å²) in [6, 6.07) is 13.6. The molecular formula is C19H21ClN2O. The quantitative estimate of drug-likeness (QED) is 0.812. The largest absolute Gasteiger partial charge is 0.328 e. The number of hydrogen-bond acceptors (Lipinski definition) is 1. The van der Waals surface area contributed by atoms with Crippen LogP contribution in [0.3, 0.4) is 0 Å². The molecule has 0 radical (unpaired) electrons. The smallest absolute Gasteiger partial charge is 0.319 e. The van der Waals surface area contributed by atoms with Crippen molar-refractivity contribution in [3.63, 3.8) is 0 Å². The van der Waals surface area contributed by atoms with Crippen LogP contribution < -0.4 is 10.6 Å². The first-order valence-corrected chi connectivity index (χ1v) is 8.35. The van der Waals surface area contributed by atoms with Crippen molar-refractivity contribution < 1.29 is 4.79 Å². The summed E-state index contributed by atoms with van der Waals surface area (Å²) in [4.78, 5) is 12.5. The summed E-state index contributed by atoms with van der Waals surface area (Å²) in [5, 5.41) is 6.88. The Bertz CT molecular complexity index is 721. The van der Waals surface area contributed by atoms with Crippen molar-refractivity contribution in [2.75, 3.05) is 5.32 Å². The molecule has 0 unspecified atom stereocenters. The maximum Gasteiger partial charge on any atom is 0.319 e. The zero-order valence-electron chi connectivity index (χ0n) is 13.4. The highest BCUT2D eigenvalue weighted by Crippen LogP contribution is 2.45. The third-order valence-electron chi connectivity index (χ3n) is 4.48. The van der Waals surface area contributed by atoms with Gasteiger partial charge >= 0.3 is 6.03 Å². The van der Waals surface area contributed by atoms with Gasteiger partial charge in [0.05, 0.1) is 5.54 Å². The molecule has 3 nitrogen and oxygen atoms in total. The molecule has 2 aromatic rings. The zero-order chi connectivity index (χ0) is 16.4. The molecule has 2 aromatic carbocycles. The van der Waals surface area contributed by atoms with Crippen molar-refractivity contribution in [1.29, 1.82) is 0 Å². The first-order valence-electron chi connectivity index (χ1n) is 7.98. The van der Waals surface area contributed by atoms with Gasteiger partial charge in [-0.2, -0.15) is 0 Å².